The molecule has 1 aromatic carbocycles. The third-order valence-electron chi connectivity index (χ3n) is 5.06. The topological polar surface area (TPSA) is 91.3 Å². The largest absolute Gasteiger partial charge is 0.744 e. The van der Waals surface area contributed by atoms with Gasteiger partial charge in [0.1, 0.15) is 27.4 Å². The van der Waals surface area contributed by atoms with Gasteiger partial charge in [-0.1, -0.05) is 37.0 Å². The second-order valence-corrected chi connectivity index (χ2v) is 11.0. The van der Waals surface area contributed by atoms with Crippen molar-refractivity contribution in [2.24, 2.45) is 5.92 Å². The standard InChI is InChI=1S/C13H21O2S.C7H8O3S/c14-12-6-8-16(9-7-12)10-13(15)11-4-2-1-3-5-11;1-6-2-4-7(5-3-6)11(8,9)10/h11H,1-10H2;2-5H,1H3,(H,8,9,10)/q+1;/p-1. The molecule has 0 aromatic heterocycles. The zero-order valence-electron chi connectivity index (χ0n) is 15.8. The average Bonchev–Trinajstić information content (AvgIpc) is 2.64. The summed E-state index contributed by atoms with van der Waals surface area (Å²) in [6, 6.07) is 5.78. The zero-order chi connectivity index (χ0) is 19.9. The van der Waals surface area contributed by atoms with Crippen molar-refractivity contribution in [2.45, 2.75) is 56.8 Å². The maximum absolute atomic E-state index is 12.1. The molecular weight excluding hydrogens is 384 g/mol. The van der Waals surface area contributed by atoms with E-state index < -0.39 is 10.1 Å². The van der Waals surface area contributed by atoms with Crippen LogP contribution in [0.1, 0.15) is 50.5 Å². The fourth-order valence-electron chi connectivity index (χ4n) is 3.34. The van der Waals surface area contributed by atoms with Gasteiger partial charge in [-0.2, -0.15) is 0 Å². The third kappa shape index (κ3) is 7.76. The first kappa shape index (κ1) is 22.1. The number of carbonyl (C=O) groups is 2. The molecule has 1 aliphatic heterocycles. The van der Waals surface area contributed by atoms with E-state index in [-0.39, 0.29) is 15.8 Å². The summed E-state index contributed by atoms with van der Waals surface area (Å²) < 4.78 is 31.2. The lowest BCUT2D eigenvalue weighted by Gasteiger charge is -2.20. The van der Waals surface area contributed by atoms with E-state index in [1.165, 1.54) is 31.4 Å². The first-order chi connectivity index (χ1) is 12.8. The Bertz CT molecular complexity index is 724. The number of hydrogen-bond acceptors (Lipinski definition) is 5. The summed E-state index contributed by atoms with van der Waals surface area (Å²) in [5.74, 6) is 4.00. The molecule has 2 fully saturated rings. The molecule has 1 saturated heterocycles. The molecule has 2 aliphatic rings. The van der Waals surface area contributed by atoms with Crippen molar-refractivity contribution in [3.8, 4) is 0 Å². The molecule has 0 N–H and O–H groups in total. The highest BCUT2D eigenvalue weighted by Crippen LogP contribution is 2.25. The van der Waals surface area contributed by atoms with Gasteiger partial charge in [-0.3, -0.25) is 9.59 Å². The van der Waals surface area contributed by atoms with E-state index in [4.69, 9.17) is 0 Å². The Morgan fingerprint density at radius 3 is 2.15 bits per heavy atom. The Kier molecular flexibility index (Phi) is 8.51. The van der Waals surface area contributed by atoms with Crippen LogP contribution in [0.25, 0.3) is 0 Å². The zero-order valence-corrected chi connectivity index (χ0v) is 17.4. The second kappa shape index (κ2) is 10.4. The Morgan fingerprint density at radius 1 is 1.07 bits per heavy atom. The molecule has 1 saturated carbocycles. The number of rotatable bonds is 4. The molecule has 7 heteroatoms. The maximum Gasteiger partial charge on any atom is 0.184 e. The van der Waals surface area contributed by atoms with E-state index in [2.05, 4.69) is 0 Å². The van der Waals surface area contributed by atoms with Crippen LogP contribution in [0, 0.1) is 12.8 Å². The van der Waals surface area contributed by atoms with Gasteiger partial charge in [-0.25, -0.2) is 8.42 Å². The molecule has 0 unspecified atom stereocenters. The predicted molar refractivity (Wildman–Crippen MR) is 107 cm³/mol. The number of hydrogen-bond donors (Lipinski definition) is 0. The highest BCUT2D eigenvalue weighted by Gasteiger charge is 2.32. The van der Waals surface area contributed by atoms with Crippen molar-refractivity contribution < 1.29 is 22.6 Å². The van der Waals surface area contributed by atoms with Crippen LogP contribution in [0.4, 0.5) is 0 Å². The van der Waals surface area contributed by atoms with Gasteiger partial charge in [0.2, 0.25) is 0 Å². The highest BCUT2D eigenvalue weighted by atomic mass is 32.2. The summed E-state index contributed by atoms with van der Waals surface area (Å²) >= 11 is 0. The van der Waals surface area contributed by atoms with Crippen molar-refractivity contribution in [1.29, 1.82) is 0 Å². The SMILES string of the molecule is Cc1ccc(S(=O)(=O)[O-])cc1.O=C1CC[S+](CC(=O)C2CCCCC2)CC1. The van der Waals surface area contributed by atoms with Crippen molar-refractivity contribution in [2.75, 3.05) is 17.3 Å². The molecule has 3 rings (SSSR count). The first-order valence-corrected chi connectivity index (χ1v) is 12.6. The van der Waals surface area contributed by atoms with Crippen LogP contribution in [0.5, 0.6) is 0 Å². The number of aryl methyl sites for hydroxylation is 1. The summed E-state index contributed by atoms with van der Waals surface area (Å²) in [6.07, 6.45) is 7.47. The van der Waals surface area contributed by atoms with Crippen LogP contribution in [0.2, 0.25) is 0 Å². The summed E-state index contributed by atoms with van der Waals surface area (Å²) in [5.41, 5.74) is 0.928. The van der Waals surface area contributed by atoms with E-state index in [1.54, 1.807) is 12.1 Å². The van der Waals surface area contributed by atoms with Gasteiger partial charge in [-0.05, 0) is 42.8 Å². The Hall–Kier alpha value is -1.18. The molecule has 1 aromatic rings. The lowest BCUT2D eigenvalue weighted by molar-refractivity contribution is -0.121. The van der Waals surface area contributed by atoms with Crippen LogP contribution >= 0.6 is 0 Å². The summed E-state index contributed by atoms with van der Waals surface area (Å²) in [5, 5.41) is 0. The van der Waals surface area contributed by atoms with Crippen LogP contribution in [0.3, 0.4) is 0 Å². The smallest absolute Gasteiger partial charge is 0.184 e. The fraction of sp³-hybridized carbons (Fsp3) is 0.600. The van der Waals surface area contributed by atoms with Gasteiger partial charge >= 0.3 is 0 Å². The summed E-state index contributed by atoms with van der Waals surface area (Å²) in [4.78, 5) is 23.0. The van der Waals surface area contributed by atoms with Crippen molar-refractivity contribution >= 4 is 32.6 Å². The predicted octanol–water partition coefficient (Wildman–Crippen LogP) is 3.02. The van der Waals surface area contributed by atoms with E-state index in [1.807, 2.05) is 6.92 Å². The molecule has 0 radical (unpaired) electrons. The van der Waals surface area contributed by atoms with Crippen LogP contribution in [-0.2, 0) is 30.6 Å². The maximum atomic E-state index is 12.1. The van der Waals surface area contributed by atoms with Crippen molar-refractivity contribution in [1.82, 2.24) is 0 Å². The monoisotopic (exact) mass is 412 g/mol. The molecule has 5 nitrogen and oxygen atoms in total. The quantitative estimate of drug-likeness (QED) is 0.560. The number of benzene rings is 1. The average molecular weight is 413 g/mol. The van der Waals surface area contributed by atoms with Gasteiger partial charge < -0.3 is 4.55 Å². The number of ketones is 2. The Balaban J connectivity index is 0.000000208. The van der Waals surface area contributed by atoms with Gasteiger partial charge in [0.25, 0.3) is 0 Å². The van der Waals surface area contributed by atoms with E-state index >= 15 is 0 Å². The van der Waals surface area contributed by atoms with E-state index in [0.717, 1.165) is 48.5 Å². The van der Waals surface area contributed by atoms with Gasteiger partial charge in [0.05, 0.1) is 17.7 Å². The Labute approximate surface area is 165 Å². The minimum absolute atomic E-state index is 0.178. The lowest BCUT2D eigenvalue weighted by Crippen LogP contribution is -2.32. The minimum atomic E-state index is -4.27. The molecule has 0 spiro atoms. The normalized spacial score (nSPS) is 19.3. The number of Topliss-reactive ketones (excluding diaryl/α,β-unsaturated/α-hetero) is 2. The van der Waals surface area contributed by atoms with Crippen molar-refractivity contribution in [3.63, 3.8) is 0 Å². The van der Waals surface area contributed by atoms with Gasteiger partial charge in [0.15, 0.2) is 11.5 Å². The third-order valence-corrected chi connectivity index (χ3v) is 8.16. The molecule has 150 valence electrons. The van der Waals surface area contributed by atoms with E-state index in [9.17, 15) is 22.6 Å². The Morgan fingerprint density at radius 2 is 1.63 bits per heavy atom. The van der Waals surface area contributed by atoms with Gasteiger partial charge in [-0.15, -0.1) is 0 Å². The molecule has 1 aliphatic carbocycles. The molecule has 0 atom stereocenters. The summed E-state index contributed by atoms with van der Waals surface area (Å²) in [6.45, 7) is 1.82. The van der Waals surface area contributed by atoms with Crippen molar-refractivity contribution in [3.05, 3.63) is 29.8 Å². The molecule has 0 bridgehead atoms. The highest BCUT2D eigenvalue weighted by molar-refractivity contribution is 7.97. The summed E-state index contributed by atoms with van der Waals surface area (Å²) in [7, 11) is -4.04. The molecule has 27 heavy (non-hydrogen) atoms. The minimum Gasteiger partial charge on any atom is -0.744 e. The van der Waals surface area contributed by atoms with E-state index in [0.29, 0.717) is 17.5 Å². The van der Waals surface area contributed by atoms with Crippen LogP contribution in [0.15, 0.2) is 29.2 Å². The second-order valence-electron chi connectivity index (χ2n) is 7.27. The fourth-order valence-corrected chi connectivity index (χ4v) is 5.97. The molecular formula is C20H28O5S2. The molecule has 1 heterocycles. The van der Waals surface area contributed by atoms with Gasteiger partial charge in [0, 0.05) is 5.92 Å². The lowest BCUT2D eigenvalue weighted by atomic mass is 9.87. The van der Waals surface area contributed by atoms with Crippen LogP contribution in [-0.4, -0.2) is 41.8 Å². The number of carbonyl (C=O) groups excluding carboxylic acids is 2. The molecule has 0 amide bonds. The van der Waals surface area contributed by atoms with Crippen LogP contribution < -0.4 is 0 Å². The first-order valence-electron chi connectivity index (χ1n) is 9.47.